The summed E-state index contributed by atoms with van der Waals surface area (Å²) in [7, 11) is -1.88. The van der Waals surface area contributed by atoms with Crippen LogP contribution in [0.4, 0.5) is 0 Å². The van der Waals surface area contributed by atoms with Crippen LogP contribution in [0.15, 0.2) is 23.1 Å². The Kier molecular flexibility index (Phi) is 4.57. The molecule has 0 spiro atoms. The van der Waals surface area contributed by atoms with Crippen LogP contribution in [-0.4, -0.2) is 61.4 Å². The lowest BCUT2D eigenvalue weighted by Gasteiger charge is -2.37. The molecule has 1 unspecified atom stereocenters. The zero-order valence-corrected chi connectivity index (χ0v) is 13.4. The SMILES string of the molecule is CC1CN(C)CCN1S(=O)(=O)c1cc(C(=O)O)ccc1Cl. The van der Waals surface area contributed by atoms with E-state index < -0.39 is 16.0 Å². The maximum absolute atomic E-state index is 12.7. The Hall–Kier alpha value is -1.15. The van der Waals surface area contributed by atoms with Gasteiger partial charge in [0.2, 0.25) is 10.0 Å². The van der Waals surface area contributed by atoms with Crippen molar-refractivity contribution >= 4 is 27.6 Å². The highest BCUT2D eigenvalue weighted by Crippen LogP contribution is 2.28. The van der Waals surface area contributed by atoms with Crippen LogP contribution < -0.4 is 0 Å². The van der Waals surface area contributed by atoms with Gasteiger partial charge in [-0.1, -0.05) is 11.6 Å². The normalized spacial score (nSPS) is 21.4. The molecule has 1 atom stereocenters. The molecule has 1 aromatic carbocycles. The molecule has 1 aliphatic heterocycles. The summed E-state index contributed by atoms with van der Waals surface area (Å²) in [5, 5.41) is 9.04. The summed E-state index contributed by atoms with van der Waals surface area (Å²) in [5.41, 5.74) is -0.0974. The smallest absolute Gasteiger partial charge is 0.335 e. The van der Waals surface area contributed by atoms with Crippen LogP contribution in [0.2, 0.25) is 5.02 Å². The van der Waals surface area contributed by atoms with Gasteiger partial charge in [-0.3, -0.25) is 0 Å². The highest BCUT2D eigenvalue weighted by molar-refractivity contribution is 7.89. The molecule has 0 aromatic heterocycles. The summed E-state index contributed by atoms with van der Waals surface area (Å²) in [5.74, 6) is -1.19. The molecule has 0 saturated carbocycles. The molecular weight excluding hydrogens is 316 g/mol. The number of hydrogen-bond donors (Lipinski definition) is 1. The largest absolute Gasteiger partial charge is 0.478 e. The van der Waals surface area contributed by atoms with E-state index in [9.17, 15) is 13.2 Å². The number of carboxylic acid groups (broad SMARTS) is 1. The second-order valence-electron chi connectivity index (χ2n) is 5.18. The van der Waals surface area contributed by atoms with Crippen LogP contribution in [0.3, 0.4) is 0 Å². The number of rotatable bonds is 3. The Morgan fingerprint density at radius 1 is 1.38 bits per heavy atom. The lowest BCUT2D eigenvalue weighted by Crippen LogP contribution is -2.52. The quantitative estimate of drug-likeness (QED) is 0.904. The van der Waals surface area contributed by atoms with Crippen LogP contribution in [0.5, 0.6) is 0 Å². The molecule has 1 heterocycles. The first-order valence-corrected chi connectivity index (χ1v) is 8.28. The zero-order valence-electron chi connectivity index (χ0n) is 11.8. The standard InChI is InChI=1S/C13H17ClN2O4S/c1-9-8-15(2)5-6-16(9)21(19,20)12-7-10(13(17)18)3-4-11(12)14/h3-4,7,9H,5-6,8H2,1-2H3,(H,17,18). The predicted octanol–water partition coefficient (Wildman–Crippen LogP) is 1.36. The van der Waals surface area contributed by atoms with Crippen LogP contribution in [-0.2, 0) is 10.0 Å². The minimum Gasteiger partial charge on any atom is -0.478 e. The van der Waals surface area contributed by atoms with Crippen molar-refractivity contribution in [2.24, 2.45) is 0 Å². The van der Waals surface area contributed by atoms with E-state index in [4.69, 9.17) is 16.7 Å². The Bertz CT molecular complexity index is 662. The Balaban J connectivity index is 2.44. The first-order chi connectivity index (χ1) is 9.73. The fourth-order valence-corrected chi connectivity index (χ4v) is 4.56. The number of carbonyl (C=O) groups is 1. The molecule has 116 valence electrons. The number of nitrogens with zero attached hydrogens (tertiary/aromatic N) is 2. The van der Waals surface area contributed by atoms with E-state index >= 15 is 0 Å². The van der Waals surface area contributed by atoms with Gasteiger partial charge in [0.15, 0.2) is 0 Å². The third-order valence-electron chi connectivity index (χ3n) is 3.53. The van der Waals surface area contributed by atoms with Crippen LogP contribution in [0.1, 0.15) is 17.3 Å². The van der Waals surface area contributed by atoms with Crippen molar-refractivity contribution in [1.29, 1.82) is 0 Å². The Labute approximate surface area is 129 Å². The van der Waals surface area contributed by atoms with E-state index in [-0.39, 0.29) is 21.5 Å². The molecule has 2 rings (SSSR count). The van der Waals surface area contributed by atoms with Crippen molar-refractivity contribution < 1.29 is 18.3 Å². The van der Waals surface area contributed by atoms with Crippen molar-refractivity contribution in [3.63, 3.8) is 0 Å². The average molecular weight is 333 g/mol. The van der Waals surface area contributed by atoms with Gasteiger partial charge in [-0.2, -0.15) is 4.31 Å². The van der Waals surface area contributed by atoms with Crippen molar-refractivity contribution in [2.75, 3.05) is 26.7 Å². The number of hydrogen-bond acceptors (Lipinski definition) is 4. The van der Waals surface area contributed by atoms with Gasteiger partial charge in [-0.25, -0.2) is 13.2 Å². The van der Waals surface area contributed by atoms with E-state index in [2.05, 4.69) is 0 Å². The molecule has 0 radical (unpaired) electrons. The number of benzene rings is 1. The van der Waals surface area contributed by atoms with Gasteiger partial charge in [0.25, 0.3) is 0 Å². The van der Waals surface area contributed by atoms with E-state index in [1.807, 2.05) is 18.9 Å². The van der Waals surface area contributed by atoms with Crippen LogP contribution >= 0.6 is 11.6 Å². The second-order valence-corrected chi connectivity index (χ2v) is 7.44. The van der Waals surface area contributed by atoms with Crippen molar-refractivity contribution in [1.82, 2.24) is 9.21 Å². The summed E-state index contributed by atoms with van der Waals surface area (Å²) < 4.78 is 26.8. The molecule has 1 aromatic rings. The van der Waals surface area contributed by atoms with Crippen LogP contribution in [0, 0.1) is 0 Å². The number of likely N-dealkylation sites (N-methyl/N-ethyl adjacent to an activating group) is 1. The topological polar surface area (TPSA) is 77.9 Å². The number of sulfonamides is 1. The lowest BCUT2D eigenvalue weighted by molar-refractivity contribution is 0.0696. The van der Waals surface area contributed by atoms with Crippen molar-refractivity contribution in [3.05, 3.63) is 28.8 Å². The van der Waals surface area contributed by atoms with Gasteiger partial charge in [0.1, 0.15) is 4.90 Å². The van der Waals surface area contributed by atoms with Gasteiger partial charge in [0.05, 0.1) is 10.6 Å². The van der Waals surface area contributed by atoms with Crippen molar-refractivity contribution in [2.45, 2.75) is 17.9 Å². The fourth-order valence-electron chi connectivity index (χ4n) is 2.44. The summed E-state index contributed by atoms with van der Waals surface area (Å²) in [6.45, 7) is 3.42. The second kappa shape index (κ2) is 5.92. The maximum Gasteiger partial charge on any atom is 0.335 e. The monoisotopic (exact) mass is 332 g/mol. The summed E-state index contributed by atoms with van der Waals surface area (Å²) in [6, 6.07) is 3.51. The molecule has 21 heavy (non-hydrogen) atoms. The molecular formula is C13H17ClN2O4S. The van der Waals surface area contributed by atoms with Gasteiger partial charge >= 0.3 is 5.97 Å². The minimum atomic E-state index is -3.81. The summed E-state index contributed by atoms with van der Waals surface area (Å²) in [4.78, 5) is 12.9. The highest BCUT2D eigenvalue weighted by Gasteiger charge is 2.34. The maximum atomic E-state index is 12.7. The van der Waals surface area contributed by atoms with E-state index in [1.54, 1.807) is 0 Å². The van der Waals surface area contributed by atoms with E-state index in [1.165, 1.54) is 16.4 Å². The molecule has 1 N–H and O–H groups in total. The van der Waals surface area contributed by atoms with Gasteiger partial charge < -0.3 is 10.0 Å². The number of aromatic carboxylic acids is 1. The number of halogens is 1. The lowest BCUT2D eigenvalue weighted by atomic mass is 10.2. The molecule has 1 aliphatic rings. The molecule has 1 fully saturated rings. The minimum absolute atomic E-state index is 0.0335. The highest BCUT2D eigenvalue weighted by atomic mass is 35.5. The van der Waals surface area contributed by atoms with Gasteiger partial charge in [-0.15, -0.1) is 0 Å². The third kappa shape index (κ3) is 3.21. The van der Waals surface area contributed by atoms with E-state index in [0.29, 0.717) is 19.6 Å². The van der Waals surface area contributed by atoms with Gasteiger partial charge in [0, 0.05) is 25.7 Å². The average Bonchev–Trinajstić information content (AvgIpc) is 2.38. The molecule has 0 bridgehead atoms. The van der Waals surface area contributed by atoms with Gasteiger partial charge in [-0.05, 0) is 32.2 Å². The molecule has 8 heteroatoms. The van der Waals surface area contributed by atoms with E-state index in [0.717, 1.165) is 6.07 Å². The molecule has 1 saturated heterocycles. The fraction of sp³-hybridized carbons (Fsp3) is 0.462. The van der Waals surface area contributed by atoms with Crippen LogP contribution in [0.25, 0.3) is 0 Å². The predicted molar refractivity (Wildman–Crippen MR) is 79.3 cm³/mol. The van der Waals surface area contributed by atoms with Crippen molar-refractivity contribution in [3.8, 4) is 0 Å². The first kappa shape index (κ1) is 16.2. The Morgan fingerprint density at radius 3 is 2.62 bits per heavy atom. The number of carboxylic acids is 1. The molecule has 6 nitrogen and oxygen atoms in total. The molecule has 0 amide bonds. The first-order valence-electron chi connectivity index (χ1n) is 6.46. The molecule has 0 aliphatic carbocycles. The summed E-state index contributed by atoms with van der Waals surface area (Å²) in [6.07, 6.45) is 0. The Morgan fingerprint density at radius 2 is 2.05 bits per heavy atom. The third-order valence-corrected chi connectivity index (χ3v) is 6.03. The zero-order chi connectivity index (χ0) is 15.8. The summed E-state index contributed by atoms with van der Waals surface area (Å²) >= 11 is 5.97. The number of piperazine rings is 1.